The molecule has 5 aromatic rings. The lowest BCUT2D eigenvalue weighted by Crippen LogP contribution is -2.17. The first-order valence-electron chi connectivity index (χ1n) is 18.3. The van der Waals surface area contributed by atoms with Gasteiger partial charge in [0.15, 0.2) is 0 Å². The summed E-state index contributed by atoms with van der Waals surface area (Å²) >= 11 is 0. The highest BCUT2D eigenvalue weighted by Gasteiger charge is 2.35. The Morgan fingerprint density at radius 2 is 1.16 bits per heavy atom. The van der Waals surface area contributed by atoms with Crippen molar-refractivity contribution in [3.05, 3.63) is 227 Å². The van der Waals surface area contributed by atoms with Crippen LogP contribution < -0.4 is 0 Å². The summed E-state index contributed by atoms with van der Waals surface area (Å²) < 4.78 is 6.83. The number of allylic oxidation sites excluding steroid dienone is 17. The molecule has 5 aliphatic rings. The second-order valence-corrected chi connectivity index (χ2v) is 14.3. The van der Waals surface area contributed by atoms with E-state index in [2.05, 4.69) is 188 Å². The first kappa shape index (κ1) is 29.9. The molecule has 1 aromatic heterocycles. The van der Waals surface area contributed by atoms with Gasteiger partial charge in [-0.2, -0.15) is 0 Å². The molecule has 1 nitrogen and oxygen atoms in total. The van der Waals surface area contributed by atoms with Crippen molar-refractivity contribution in [3.63, 3.8) is 0 Å². The van der Waals surface area contributed by atoms with Crippen molar-refractivity contribution < 1.29 is 4.42 Å². The normalized spacial score (nSPS) is 24.5. The van der Waals surface area contributed by atoms with E-state index in [1.54, 1.807) is 0 Å². The zero-order valence-electron chi connectivity index (χ0n) is 28.4. The topological polar surface area (TPSA) is 13.1 Å². The van der Waals surface area contributed by atoms with Gasteiger partial charge < -0.3 is 4.42 Å². The van der Waals surface area contributed by atoms with Crippen LogP contribution in [0.25, 0.3) is 33.8 Å². The lowest BCUT2D eigenvalue weighted by Gasteiger charge is -2.30. The molecule has 0 amide bonds. The number of hydrogen-bond donors (Lipinski definition) is 0. The summed E-state index contributed by atoms with van der Waals surface area (Å²) in [4.78, 5) is 0. The van der Waals surface area contributed by atoms with Gasteiger partial charge in [0, 0.05) is 40.5 Å². The van der Waals surface area contributed by atoms with E-state index < -0.39 is 0 Å². The van der Waals surface area contributed by atoms with Crippen molar-refractivity contribution in [2.75, 3.05) is 0 Å². The van der Waals surface area contributed by atoms with E-state index in [0.29, 0.717) is 11.8 Å². The second kappa shape index (κ2) is 12.4. The minimum Gasteiger partial charge on any atom is -0.460 e. The zero-order chi connectivity index (χ0) is 33.7. The maximum Gasteiger partial charge on any atom is 0.135 e. The molecule has 51 heavy (non-hydrogen) atoms. The average molecular weight is 655 g/mol. The molecular formula is C50H38O. The van der Waals surface area contributed by atoms with Gasteiger partial charge in [0.25, 0.3) is 0 Å². The summed E-state index contributed by atoms with van der Waals surface area (Å²) in [5, 5.41) is 1.25. The van der Waals surface area contributed by atoms with Crippen molar-refractivity contribution in [2.45, 2.75) is 18.3 Å². The maximum absolute atomic E-state index is 6.83. The van der Waals surface area contributed by atoms with Gasteiger partial charge in [-0.25, -0.2) is 0 Å². The van der Waals surface area contributed by atoms with Crippen molar-refractivity contribution >= 4 is 33.8 Å². The lowest BCUT2D eigenvalue weighted by molar-refractivity contribution is 0.496. The molecule has 5 atom stereocenters. The third-order valence-corrected chi connectivity index (χ3v) is 11.3. The van der Waals surface area contributed by atoms with Crippen LogP contribution in [0, 0.1) is 17.8 Å². The van der Waals surface area contributed by atoms with E-state index in [4.69, 9.17) is 4.42 Å². The van der Waals surface area contributed by atoms with E-state index in [9.17, 15) is 0 Å². The Balaban J connectivity index is 1.08. The Morgan fingerprint density at radius 3 is 1.90 bits per heavy atom. The first-order valence-corrected chi connectivity index (χ1v) is 18.3. The molecule has 0 spiro atoms. The third-order valence-electron chi connectivity index (χ3n) is 11.3. The van der Waals surface area contributed by atoms with E-state index in [1.807, 2.05) is 0 Å². The van der Waals surface area contributed by atoms with Gasteiger partial charge in [0.05, 0.1) is 0 Å². The largest absolute Gasteiger partial charge is 0.460 e. The fourth-order valence-corrected chi connectivity index (χ4v) is 8.83. The van der Waals surface area contributed by atoms with Crippen LogP contribution in [0.4, 0.5) is 0 Å². The Hall–Kier alpha value is -5.92. The van der Waals surface area contributed by atoms with Crippen molar-refractivity contribution in [2.24, 2.45) is 17.8 Å². The van der Waals surface area contributed by atoms with Gasteiger partial charge >= 0.3 is 0 Å². The highest BCUT2D eigenvalue weighted by Crippen LogP contribution is 2.51. The second-order valence-electron chi connectivity index (χ2n) is 14.3. The predicted molar refractivity (Wildman–Crippen MR) is 213 cm³/mol. The van der Waals surface area contributed by atoms with E-state index in [1.165, 1.54) is 61.1 Å². The number of furan rings is 1. The Bertz CT molecular complexity index is 2440. The molecule has 0 fully saturated rings. The molecule has 0 radical (unpaired) electrons. The summed E-state index contributed by atoms with van der Waals surface area (Å²) in [5.74, 6) is 2.39. The number of fused-ring (bicyclic) bond motifs is 6. The third kappa shape index (κ3) is 5.32. The van der Waals surface area contributed by atoms with Gasteiger partial charge in [-0.1, -0.05) is 176 Å². The molecule has 1 heteroatoms. The Morgan fingerprint density at radius 1 is 0.510 bits per heavy atom. The number of hydrogen-bond acceptors (Lipinski definition) is 1. The van der Waals surface area contributed by atoms with Gasteiger partial charge in [0.1, 0.15) is 11.3 Å². The summed E-state index contributed by atoms with van der Waals surface area (Å²) in [5.41, 5.74) is 14.0. The van der Waals surface area contributed by atoms with Crippen LogP contribution in [0.2, 0.25) is 0 Å². The van der Waals surface area contributed by atoms with Crippen LogP contribution in [0.15, 0.2) is 198 Å². The van der Waals surface area contributed by atoms with Crippen molar-refractivity contribution in [1.29, 1.82) is 0 Å². The summed E-state index contributed by atoms with van der Waals surface area (Å²) in [6.45, 7) is 0. The highest BCUT2D eigenvalue weighted by atomic mass is 16.3. The van der Waals surface area contributed by atoms with Crippen LogP contribution >= 0.6 is 0 Å². The first-order chi connectivity index (χ1) is 25.3. The average Bonchev–Trinajstić information content (AvgIpc) is 3.60. The molecule has 4 aromatic carbocycles. The maximum atomic E-state index is 6.83. The Kier molecular flexibility index (Phi) is 7.31. The fraction of sp³-hybridized carbons (Fsp3) is 0.120. The molecular weight excluding hydrogens is 617 g/mol. The molecule has 1 heterocycles. The van der Waals surface area contributed by atoms with Gasteiger partial charge in [-0.05, 0) is 68.7 Å². The zero-order valence-corrected chi connectivity index (χ0v) is 28.4. The molecule has 10 rings (SSSR count). The predicted octanol–water partition coefficient (Wildman–Crippen LogP) is 12.7. The smallest absolute Gasteiger partial charge is 0.135 e. The minimum absolute atomic E-state index is 0.174. The molecule has 244 valence electrons. The van der Waals surface area contributed by atoms with Crippen molar-refractivity contribution in [3.8, 4) is 0 Å². The van der Waals surface area contributed by atoms with E-state index >= 15 is 0 Å². The standard InChI is InChI=1S/C50H38O/c1-4-13-33(14-5-1)36-23-24-38-28-39(26-25-37(38)27-36)41-29-40(34-15-6-2-7-16-34)30-42(31-41)43-21-12-22-48-49(43)47-32-46(35-17-8-3-9-18-35)44-19-10-11-20-45(44)50(47)51-48/h1-29,31-32,37-38,42,44-45H,30H2. The van der Waals surface area contributed by atoms with E-state index in [0.717, 1.165) is 17.8 Å². The quantitative estimate of drug-likeness (QED) is 0.184. The van der Waals surface area contributed by atoms with Crippen LogP contribution in [-0.4, -0.2) is 0 Å². The van der Waals surface area contributed by atoms with E-state index in [-0.39, 0.29) is 17.8 Å². The SMILES string of the molecule is C1=CC2C(c3ccccc3)=Cc3c(oc4cccc(C5C=C(C6=CC7C=CC(c8ccccc8)=CC7C=C6)C=C(c6ccccc6)C5)c34)C2C=C1. The fourth-order valence-electron chi connectivity index (χ4n) is 8.83. The number of benzene rings is 4. The summed E-state index contributed by atoms with van der Waals surface area (Å²) in [6.07, 6.45) is 31.7. The minimum atomic E-state index is 0.174. The van der Waals surface area contributed by atoms with Crippen LogP contribution in [-0.2, 0) is 0 Å². The van der Waals surface area contributed by atoms with Crippen LogP contribution in [0.1, 0.15) is 51.8 Å². The Labute approximate surface area is 300 Å². The molecule has 0 aliphatic heterocycles. The van der Waals surface area contributed by atoms with Crippen LogP contribution in [0.5, 0.6) is 0 Å². The van der Waals surface area contributed by atoms with Crippen LogP contribution in [0.3, 0.4) is 0 Å². The molecule has 0 saturated carbocycles. The summed E-state index contributed by atoms with van der Waals surface area (Å²) in [7, 11) is 0. The molecule has 5 aliphatic carbocycles. The molecule has 0 N–H and O–H groups in total. The summed E-state index contributed by atoms with van der Waals surface area (Å²) in [6, 6.07) is 39.2. The monoisotopic (exact) mass is 654 g/mol. The van der Waals surface area contributed by atoms with Gasteiger partial charge in [-0.3, -0.25) is 0 Å². The van der Waals surface area contributed by atoms with Crippen molar-refractivity contribution in [1.82, 2.24) is 0 Å². The molecule has 0 bridgehead atoms. The highest BCUT2D eigenvalue weighted by molar-refractivity contribution is 6.00. The number of rotatable bonds is 5. The molecule has 5 unspecified atom stereocenters. The van der Waals surface area contributed by atoms with Gasteiger partial charge in [-0.15, -0.1) is 0 Å². The molecule has 0 saturated heterocycles. The van der Waals surface area contributed by atoms with Gasteiger partial charge in [0.2, 0.25) is 0 Å². The lowest BCUT2D eigenvalue weighted by atomic mass is 9.72.